The zero-order valence-corrected chi connectivity index (χ0v) is 23.0. The van der Waals surface area contributed by atoms with Gasteiger partial charge in [0.2, 0.25) is 11.8 Å². The minimum Gasteiger partial charge on any atom is -0.444 e. The highest BCUT2D eigenvalue weighted by Gasteiger charge is 2.45. The van der Waals surface area contributed by atoms with Crippen LogP contribution in [0.1, 0.15) is 96.9 Å². The fourth-order valence-electron chi connectivity index (χ4n) is 4.18. The van der Waals surface area contributed by atoms with E-state index in [-0.39, 0.29) is 29.8 Å². The molecule has 3 amide bonds. The van der Waals surface area contributed by atoms with Gasteiger partial charge in [-0.1, -0.05) is 45.4 Å². The van der Waals surface area contributed by atoms with Gasteiger partial charge in [-0.3, -0.25) is 9.59 Å². The summed E-state index contributed by atoms with van der Waals surface area (Å²) in [4.78, 5) is 42.0. The Kier molecular flexibility index (Phi) is 9.76. The summed E-state index contributed by atoms with van der Waals surface area (Å²) >= 11 is 0. The second-order valence-electron chi connectivity index (χ2n) is 11.3. The summed E-state index contributed by atoms with van der Waals surface area (Å²) in [6.45, 7) is 17.2. The molecule has 1 saturated carbocycles. The van der Waals surface area contributed by atoms with E-state index in [0.717, 1.165) is 42.4 Å². The quantitative estimate of drug-likeness (QED) is 0.475. The number of carbonyl (C=O) groups is 3. The van der Waals surface area contributed by atoms with Gasteiger partial charge in [-0.2, -0.15) is 0 Å². The SMILES string of the molecule is CCCC(C)NC(=O)C(c1ccc(C)c(C)c1)N(C(=O)C(NC(=O)OC(C)(C)C)C(C)C)C1CC1. The Morgan fingerprint density at radius 3 is 2.17 bits per heavy atom. The van der Waals surface area contributed by atoms with Gasteiger partial charge in [0.1, 0.15) is 17.7 Å². The highest BCUT2D eigenvalue weighted by Crippen LogP contribution is 2.36. The van der Waals surface area contributed by atoms with Crippen molar-refractivity contribution in [2.45, 2.75) is 118 Å². The predicted molar refractivity (Wildman–Crippen MR) is 139 cm³/mol. The van der Waals surface area contributed by atoms with Gasteiger partial charge in [-0.25, -0.2) is 4.79 Å². The first kappa shape index (κ1) is 28.7. The Balaban J connectivity index is 2.46. The van der Waals surface area contributed by atoms with Crippen LogP contribution in [-0.4, -0.2) is 46.5 Å². The first-order valence-corrected chi connectivity index (χ1v) is 12.9. The molecule has 3 unspecified atom stereocenters. The monoisotopic (exact) mass is 487 g/mol. The van der Waals surface area contributed by atoms with Crippen molar-refractivity contribution in [1.82, 2.24) is 15.5 Å². The third-order valence-electron chi connectivity index (χ3n) is 6.28. The van der Waals surface area contributed by atoms with Crippen molar-refractivity contribution < 1.29 is 19.1 Å². The van der Waals surface area contributed by atoms with E-state index in [1.54, 1.807) is 25.7 Å². The van der Waals surface area contributed by atoms with Crippen molar-refractivity contribution in [3.05, 3.63) is 34.9 Å². The van der Waals surface area contributed by atoms with Crippen LogP contribution in [-0.2, 0) is 14.3 Å². The number of nitrogens with one attached hydrogen (secondary N) is 2. The lowest BCUT2D eigenvalue weighted by atomic mass is 9.96. The van der Waals surface area contributed by atoms with E-state index < -0.39 is 23.8 Å². The molecule has 1 aromatic carbocycles. The summed E-state index contributed by atoms with van der Waals surface area (Å²) in [5.41, 5.74) is 2.30. The number of rotatable bonds is 10. The van der Waals surface area contributed by atoms with Gasteiger partial charge >= 0.3 is 6.09 Å². The van der Waals surface area contributed by atoms with Gasteiger partial charge in [0.05, 0.1) is 0 Å². The molecule has 2 N–H and O–H groups in total. The van der Waals surface area contributed by atoms with E-state index in [9.17, 15) is 14.4 Å². The predicted octanol–water partition coefficient (Wildman–Crippen LogP) is 5.19. The molecule has 0 saturated heterocycles. The van der Waals surface area contributed by atoms with Crippen molar-refractivity contribution in [1.29, 1.82) is 0 Å². The molecular weight excluding hydrogens is 442 g/mol. The van der Waals surface area contributed by atoms with Crippen LogP contribution in [0.15, 0.2) is 18.2 Å². The first-order chi connectivity index (χ1) is 16.2. The summed E-state index contributed by atoms with van der Waals surface area (Å²) in [6, 6.07) is 4.32. The molecule has 2 rings (SSSR count). The lowest BCUT2D eigenvalue weighted by Gasteiger charge is -2.36. The van der Waals surface area contributed by atoms with E-state index in [1.807, 2.05) is 52.8 Å². The fraction of sp³-hybridized carbons (Fsp3) is 0.679. The van der Waals surface area contributed by atoms with Crippen molar-refractivity contribution in [3.8, 4) is 0 Å². The molecule has 1 fully saturated rings. The lowest BCUT2D eigenvalue weighted by molar-refractivity contribution is -0.144. The molecule has 1 aliphatic rings. The summed E-state index contributed by atoms with van der Waals surface area (Å²) < 4.78 is 5.43. The minimum atomic E-state index is -0.805. The van der Waals surface area contributed by atoms with Crippen LogP contribution in [0.2, 0.25) is 0 Å². The van der Waals surface area contributed by atoms with E-state index in [1.165, 1.54) is 0 Å². The van der Waals surface area contributed by atoms with Crippen LogP contribution in [0.3, 0.4) is 0 Å². The Hall–Kier alpha value is -2.57. The van der Waals surface area contributed by atoms with E-state index >= 15 is 0 Å². The smallest absolute Gasteiger partial charge is 0.408 e. The Bertz CT molecular complexity index is 902. The van der Waals surface area contributed by atoms with Gasteiger partial charge in [-0.15, -0.1) is 0 Å². The van der Waals surface area contributed by atoms with Crippen molar-refractivity contribution in [2.24, 2.45) is 5.92 Å². The van der Waals surface area contributed by atoms with Gasteiger partial charge in [-0.05, 0) is 83.4 Å². The molecule has 196 valence electrons. The maximum Gasteiger partial charge on any atom is 0.408 e. The van der Waals surface area contributed by atoms with Crippen molar-refractivity contribution in [2.75, 3.05) is 0 Å². The number of aryl methyl sites for hydroxylation is 2. The average Bonchev–Trinajstić information content (AvgIpc) is 3.55. The van der Waals surface area contributed by atoms with Gasteiger partial charge in [0.15, 0.2) is 0 Å². The fourth-order valence-corrected chi connectivity index (χ4v) is 4.18. The number of hydrogen-bond donors (Lipinski definition) is 2. The Morgan fingerprint density at radius 2 is 1.69 bits per heavy atom. The third-order valence-corrected chi connectivity index (χ3v) is 6.28. The lowest BCUT2D eigenvalue weighted by Crippen LogP contribution is -2.56. The molecule has 7 heteroatoms. The molecule has 0 heterocycles. The number of amides is 3. The number of ether oxygens (including phenoxy) is 1. The number of nitrogens with zero attached hydrogens (tertiary/aromatic N) is 1. The van der Waals surface area contributed by atoms with Gasteiger partial charge < -0.3 is 20.3 Å². The third kappa shape index (κ3) is 8.25. The van der Waals surface area contributed by atoms with E-state index in [4.69, 9.17) is 4.74 Å². The minimum absolute atomic E-state index is 0.00140. The Labute approximate surface area is 211 Å². The number of benzene rings is 1. The van der Waals surface area contributed by atoms with Crippen LogP contribution in [0.25, 0.3) is 0 Å². The first-order valence-electron chi connectivity index (χ1n) is 12.9. The maximum atomic E-state index is 14.0. The zero-order valence-electron chi connectivity index (χ0n) is 23.0. The summed E-state index contributed by atoms with van der Waals surface area (Å²) in [6.07, 6.45) is 2.85. The second-order valence-corrected chi connectivity index (χ2v) is 11.3. The molecule has 1 aliphatic carbocycles. The summed E-state index contributed by atoms with van der Waals surface area (Å²) in [5.74, 6) is -0.622. The largest absolute Gasteiger partial charge is 0.444 e. The normalized spacial score (nSPS) is 16.3. The molecule has 0 radical (unpaired) electrons. The molecule has 0 aliphatic heterocycles. The molecule has 35 heavy (non-hydrogen) atoms. The maximum absolute atomic E-state index is 14.0. The van der Waals surface area contributed by atoms with Crippen LogP contribution in [0.4, 0.5) is 4.79 Å². The van der Waals surface area contributed by atoms with Crippen LogP contribution < -0.4 is 10.6 Å². The highest BCUT2D eigenvalue weighted by atomic mass is 16.6. The van der Waals surface area contributed by atoms with E-state index in [0.29, 0.717) is 0 Å². The topological polar surface area (TPSA) is 87.7 Å². The molecule has 1 aromatic rings. The molecule has 3 atom stereocenters. The number of alkyl carbamates (subject to hydrolysis) is 1. The molecule has 0 spiro atoms. The summed E-state index contributed by atoms with van der Waals surface area (Å²) in [7, 11) is 0. The molecular formula is C28H45N3O4. The number of carbonyl (C=O) groups excluding carboxylic acids is 3. The molecule has 0 aromatic heterocycles. The van der Waals surface area contributed by atoms with Crippen LogP contribution in [0.5, 0.6) is 0 Å². The molecule has 0 bridgehead atoms. The molecule has 7 nitrogen and oxygen atoms in total. The van der Waals surface area contributed by atoms with Crippen LogP contribution in [0, 0.1) is 19.8 Å². The highest BCUT2D eigenvalue weighted by molar-refractivity contribution is 5.92. The summed E-state index contributed by atoms with van der Waals surface area (Å²) in [5, 5.41) is 5.91. The van der Waals surface area contributed by atoms with E-state index in [2.05, 4.69) is 17.6 Å². The van der Waals surface area contributed by atoms with Crippen LogP contribution >= 0.6 is 0 Å². The van der Waals surface area contributed by atoms with Crippen molar-refractivity contribution in [3.63, 3.8) is 0 Å². The zero-order chi connectivity index (χ0) is 26.5. The second kappa shape index (κ2) is 11.9. The average molecular weight is 488 g/mol. The van der Waals surface area contributed by atoms with Crippen molar-refractivity contribution >= 4 is 17.9 Å². The Morgan fingerprint density at radius 1 is 1.06 bits per heavy atom. The van der Waals surface area contributed by atoms with Gasteiger partial charge in [0.25, 0.3) is 0 Å². The number of hydrogen-bond acceptors (Lipinski definition) is 4. The van der Waals surface area contributed by atoms with Gasteiger partial charge in [0, 0.05) is 12.1 Å². The standard InChI is InChI=1S/C28H45N3O4/c1-10-11-20(6)29-25(32)24(21-13-12-18(4)19(5)16-21)31(22-14-15-22)26(33)23(17(2)3)30-27(34)35-28(7,8)9/h12-13,16-17,20,22-24H,10-11,14-15H2,1-9H3,(H,29,32)(H,30,34).